The molecule has 0 saturated carbocycles. The van der Waals surface area contributed by atoms with Crippen molar-refractivity contribution in [2.45, 2.75) is 20.5 Å². The lowest BCUT2D eigenvalue weighted by Crippen LogP contribution is -1.92. The van der Waals surface area contributed by atoms with Crippen molar-refractivity contribution >= 4 is 15.9 Å². The van der Waals surface area contributed by atoms with Crippen LogP contribution in [0, 0.1) is 13.8 Å². The fourth-order valence-corrected chi connectivity index (χ4v) is 2.24. The Balaban J connectivity index is 2.26. The molecule has 0 atom stereocenters. The van der Waals surface area contributed by atoms with Crippen LogP contribution < -0.4 is 4.74 Å². The van der Waals surface area contributed by atoms with E-state index in [9.17, 15) is 0 Å². The number of benzene rings is 2. The van der Waals surface area contributed by atoms with Gasteiger partial charge in [-0.05, 0) is 60.9 Å². The highest BCUT2D eigenvalue weighted by Crippen LogP contribution is 2.28. The molecule has 2 aromatic carbocycles. The van der Waals surface area contributed by atoms with E-state index in [0.29, 0.717) is 0 Å². The number of aryl methyl sites for hydroxylation is 2. The van der Waals surface area contributed by atoms with Crippen LogP contribution in [-0.2, 0) is 6.61 Å². The van der Waals surface area contributed by atoms with Crippen LogP contribution in [0.1, 0.15) is 16.7 Å². The Morgan fingerprint density at radius 3 is 2.44 bits per heavy atom. The second-order valence-corrected chi connectivity index (χ2v) is 5.17. The Morgan fingerprint density at radius 1 is 1.06 bits per heavy atom. The predicted octanol–water partition coefficient (Wildman–Crippen LogP) is 4.35. The highest BCUT2D eigenvalue weighted by atomic mass is 79.9. The molecule has 0 radical (unpaired) electrons. The lowest BCUT2D eigenvalue weighted by Gasteiger charge is -2.11. The average molecular weight is 307 g/mol. The smallest absolute Gasteiger partial charge is 0.130 e. The first-order valence-corrected chi connectivity index (χ1v) is 6.54. The summed E-state index contributed by atoms with van der Waals surface area (Å²) in [6, 6.07) is 11.6. The van der Waals surface area contributed by atoms with E-state index in [2.05, 4.69) is 15.9 Å². The molecular formula is C15H15BrO2. The zero-order chi connectivity index (χ0) is 13.1. The molecule has 18 heavy (non-hydrogen) atoms. The second-order valence-electron chi connectivity index (χ2n) is 4.26. The first kappa shape index (κ1) is 13.1. The van der Waals surface area contributed by atoms with Gasteiger partial charge in [0, 0.05) is 4.47 Å². The van der Waals surface area contributed by atoms with Gasteiger partial charge < -0.3 is 9.84 Å². The minimum absolute atomic E-state index is 0.0590. The summed E-state index contributed by atoms with van der Waals surface area (Å²) in [6.45, 7) is 4.03. The van der Waals surface area contributed by atoms with Gasteiger partial charge in [0.1, 0.15) is 11.5 Å². The molecule has 0 spiro atoms. The Hall–Kier alpha value is -1.32. The molecule has 0 saturated heterocycles. The molecule has 3 heteroatoms. The van der Waals surface area contributed by atoms with Gasteiger partial charge in [-0.25, -0.2) is 0 Å². The van der Waals surface area contributed by atoms with Gasteiger partial charge in [0.15, 0.2) is 0 Å². The fraction of sp³-hybridized carbons (Fsp3) is 0.200. The summed E-state index contributed by atoms with van der Waals surface area (Å²) < 4.78 is 6.88. The van der Waals surface area contributed by atoms with E-state index < -0.39 is 0 Å². The van der Waals surface area contributed by atoms with Crippen LogP contribution in [0.4, 0.5) is 0 Å². The molecule has 94 valence electrons. The van der Waals surface area contributed by atoms with Crippen LogP contribution in [0.15, 0.2) is 40.9 Å². The minimum atomic E-state index is 0.0590. The van der Waals surface area contributed by atoms with Gasteiger partial charge >= 0.3 is 0 Å². The molecular weight excluding hydrogens is 292 g/mol. The molecule has 0 fully saturated rings. The zero-order valence-corrected chi connectivity index (χ0v) is 12.0. The third-order valence-electron chi connectivity index (χ3n) is 2.85. The number of hydrogen-bond acceptors (Lipinski definition) is 2. The van der Waals surface area contributed by atoms with Gasteiger partial charge in [-0.1, -0.05) is 22.0 Å². The van der Waals surface area contributed by atoms with Gasteiger partial charge in [0.2, 0.25) is 0 Å². The second kappa shape index (κ2) is 5.55. The lowest BCUT2D eigenvalue weighted by molar-refractivity contribution is 0.281. The molecule has 0 heterocycles. The van der Waals surface area contributed by atoms with E-state index >= 15 is 0 Å². The molecule has 0 bridgehead atoms. The van der Waals surface area contributed by atoms with Crippen LogP contribution in [0.5, 0.6) is 11.5 Å². The third-order valence-corrected chi connectivity index (χ3v) is 3.34. The van der Waals surface area contributed by atoms with Crippen molar-refractivity contribution in [1.29, 1.82) is 0 Å². The standard InChI is InChI=1S/C15H15BrO2/c1-10-8-14(5-3-12(10)9-17)18-15-6-4-13(16)7-11(15)2/h3-8,17H,9H2,1-2H3. The Kier molecular flexibility index (Phi) is 4.04. The first-order valence-electron chi connectivity index (χ1n) is 5.74. The SMILES string of the molecule is Cc1cc(Oc2ccc(Br)cc2C)ccc1CO. The van der Waals surface area contributed by atoms with Crippen LogP contribution in [0.25, 0.3) is 0 Å². The monoisotopic (exact) mass is 306 g/mol. The molecule has 2 nitrogen and oxygen atoms in total. The molecule has 0 aliphatic rings. The quantitative estimate of drug-likeness (QED) is 0.913. The predicted molar refractivity (Wildman–Crippen MR) is 76.1 cm³/mol. The highest BCUT2D eigenvalue weighted by molar-refractivity contribution is 9.10. The van der Waals surface area contributed by atoms with Gasteiger partial charge in [-0.3, -0.25) is 0 Å². The van der Waals surface area contributed by atoms with Crippen molar-refractivity contribution in [2.75, 3.05) is 0 Å². The summed E-state index contributed by atoms with van der Waals surface area (Å²) in [6.07, 6.45) is 0. The lowest BCUT2D eigenvalue weighted by atomic mass is 10.1. The molecule has 0 amide bonds. The minimum Gasteiger partial charge on any atom is -0.457 e. The first-order chi connectivity index (χ1) is 8.60. The van der Waals surface area contributed by atoms with Crippen molar-refractivity contribution in [2.24, 2.45) is 0 Å². The van der Waals surface area contributed by atoms with E-state index in [0.717, 1.165) is 32.7 Å². The van der Waals surface area contributed by atoms with E-state index in [4.69, 9.17) is 9.84 Å². The van der Waals surface area contributed by atoms with Crippen LogP contribution in [0.3, 0.4) is 0 Å². The Morgan fingerprint density at radius 2 is 1.83 bits per heavy atom. The van der Waals surface area contributed by atoms with Crippen molar-refractivity contribution in [3.8, 4) is 11.5 Å². The van der Waals surface area contributed by atoms with Gasteiger partial charge in [0.05, 0.1) is 6.61 Å². The van der Waals surface area contributed by atoms with Crippen molar-refractivity contribution in [1.82, 2.24) is 0 Å². The van der Waals surface area contributed by atoms with Gasteiger partial charge in [-0.2, -0.15) is 0 Å². The summed E-state index contributed by atoms with van der Waals surface area (Å²) >= 11 is 3.43. The van der Waals surface area contributed by atoms with E-state index in [1.807, 2.05) is 50.2 Å². The summed E-state index contributed by atoms with van der Waals surface area (Å²) in [7, 11) is 0. The van der Waals surface area contributed by atoms with Crippen LogP contribution >= 0.6 is 15.9 Å². The number of ether oxygens (including phenoxy) is 1. The van der Waals surface area contributed by atoms with Crippen molar-refractivity contribution < 1.29 is 9.84 Å². The summed E-state index contributed by atoms with van der Waals surface area (Å²) in [4.78, 5) is 0. The van der Waals surface area contributed by atoms with Gasteiger partial charge in [-0.15, -0.1) is 0 Å². The van der Waals surface area contributed by atoms with E-state index in [1.54, 1.807) is 0 Å². The van der Waals surface area contributed by atoms with E-state index in [1.165, 1.54) is 0 Å². The summed E-state index contributed by atoms with van der Waals surface area (Å²) in [5.74, 6) is 1.63. The molecule has 0 unspecified atom stereocenters. The summed E-state index contributed by atoms with van der Waals surface area (Å²) in [5, 5.41) is 9.13. The number of halogens is 1. The normalized spacial score (nSPS) is 10.4. The molecule has 0 aliphatic carbocycles. The Bertz CT molecular complexity index is 564. The summed E-state index contributed by atoms with van der Waals surface area (Å²) in [5.41, 5.74) is 3.04. The number of hydrogen-bond donors (Lipinski definition) is 1. The molecule has 2 aromatic rings. The molecule has 0 aromatic heterocycles. The number of aliphatic hydroxyl groups is 1. The Labute approximate surface area is 115 Å². The molecule has 1 N–H and O–H groups in total. The molecule has 2 rings (SSSR count). The molecule has 0 aliphatic heterocycles. The maximum atomic E-state index is 9.13. The maximum absolute atomic E-state index is 9.13. The van der Waals surface area contributed by atoms with Crippen LogP contribution in [-0.4, -0.2) is 5.11 Å². The topological polar surface area (TPSA) is 29.5 Å². The van der Waals surface area contributed by atoms with Gasteiger partial charge in [0.25, 0.3) is 0 Å². The third kappa shape index (κ3) is 2.92. The zero-order valence-electron chi connectivity index (χ0n) is 10.4. The highest BCUT2D eigenvalue weighted by Gasteiger charge is 2.04. The number of aliphatic hydroxyl groups excluding tert-OH is 1. The van der Waals surface area contributed by atoms with Crippen molar-refractivity contribution in [3.63, 3.8) is 0 Å². The largest absolute Gasteiger partial charge is 0.457 e. The maximum Gasteiger partial charge on any atom is 0.130 e. The fourth-order valence-electron chi connectivity index (χ4n) is 1.76. The average Bonchev–Trinajstić information content (AvgIpc) is 2.33. The van der Waals surface area contributed by atoms with E-state index in [-0.39, 0.29) is 6.61 Å². The van der Waals surface area contributed by atoms with Crippen LogP contribution in [0.2, 0.25) is 0 Å². The number of rotatable bonds is 3. The van der Waals surface area contributed by atoms with Crippen molar-refractivity contribution in [3.05, 3.63) is 57.6 Å².